The number of carbonyl (C=O) groups excluding carboxylic acids is 2. The van der Waals surface area contributed by atoms with Crippen molar-refractivity contribution in [1.29, 1.82) is 0 Å². The van der Waals surface area contributed by atoms with E-state index in [2.05, 4.69) is 5.32 Å². The average molecular weight is 559 g/mol. The number of anilines is 2. The molecule has 0 unspecified atom stereocenters. The number of hydrogen-bond donors (Lipinski definition) is 1. The lowest BCUT2D eigenvalue weighted by Crippen LogP contribution is -2.28. The number of carbonyl (C=O) groups is 2. The molecule has 0 bridgehead atoms. The zero-order valence-corrected chi connectivity index (χ0v) is 21.8. The number of thiocarbonyl (C=S) groups is 1. The highest BCUT2D eigenvalue weighted by molar-refractivity contribution is 8.27. The average Bonchev–Trinajstić information content (AvgIpc) is 3.15. The first kappa shape index (κ1) is 27.2. The predicted molar refractivity (Wildman–Crippen MR) is 145 cm³/mol. The van der Waals surface area contributed by atoms with Crippen LogP contribution in [0.5, 0.6) is 11.5 Å². The van der Waals surface area contributed by atoms with E-state index < -0.39 is 24.3 Å². The summed E-state index contributed by atoms with van der Waals surface area (Å²) in [5.41, 5.74) is 1.42. The van der Waals surface area contributed by atoms with Crippen molar-refractivity contribution in [3.63, 3.8) is 0 Å². The molecule has 1 aliphatic heterocycles. The standard InChI is InChI=1S/C27H21F3N2O4S2/c1-16-6-3-4-9-20(16)32-25(34)23(38-26(32)37)13-17-10-11-21(22(12-17)35-2)36-15-24(33)31-19-8-5-7-18(14-19)27(28,29)30/h3-14H,15H2,1-2H3,(H,31,33)/b23-13-. The number of benzene rings is 3. The van der Waals surface area contributed by atoms with Gasteiger partial charge in [-0.15, -0.1) is 0 Å². The van der Waals surface area contributed by atoms with Crippen molar-refractivity contribution in [3.05, 3.63) is 88.3 Å². The fraction of sp³-hybridized carbons (Fsp3) is 0.148. The molecule has 6 nitrogen and oxygen atoms in total. The lowest BCUT2D eigenvalue weighted by atomic mass is 10.1. The molecule has 3 aromatic rings. The van der Waals surface area contributed by atoms with Gasteiger partial charge in [-0.3, -0.25) is 14.5 Å². The van der Waals surface area contributed by atoms with Crippen molar-refractivity contribution in [2.45, 2.75) is 13.1 Å². The Hall–Kier alpha value is -3.83. The summed E-state index contributed by atoms with van der Waals surface area (Å²) in [5, 5.41) is 2.38. The van der Waals surface area contributed by atoms with Gasteiger partial charge in [0, 0.05) is 5.69 Å². The molecule has 2 amide bonds. The van der Waals surface area contributed by atoms with Gasteiger partial charge in [0.1, 0.15) is 0 Å². The Balaban J connectivity index is 1.44. The molecule has 0 radical (unpaired) electrons. The summed E-state index contributed by atoms with van der Waals surface area (Å²) in [7, 11) is 1.42. The summed E-state index contributed by atoms with van der Waals surface area (Å²) in [6, 6.07) is 16.7. The molecule has 1 saturated heterocycles. The van der Waals surface area contributed by atoms with Gasteiger partial charge in [-0.05, 0) is 60.5 Å². The molecule has 0 atom stereocenters. The van der Waals surface area contributed by atoms with Gasteiger partial charge in [0.2, 0.25) is 0 Å². The van der Waals surface area contributed by atoms with Crippen LogP contribution in [0.2, 0.25) is 0 Å². The molecular formula is C27H21F3N2O4S2. The van der Waals surface area contributed by atoms with Crippen molar-refractivity contribution in [2.24, 2.45) is 0 Å². The normalized spacial score (nSPS) is 14.7. The number of amides is 2. The fourth-order valence-corrected chi connectivity index (χ4v) is 4.93. The molecule has 38 heavy (non-hydrogen) atoms. The van der Waals surface area contributed by atoms with Crippen LogP contribution >= 0.6 is 24.0 Å². The SMILES string of the molecule is COc1cc(/C=C2\SC(=S)N(c3ccccc3C)C2=O)ccc1OCC(=O)Nc1cccc(C(F)(F)F)c1. The third kappa shape index (κ3) is 6.17. The van der Waals surface area contributed by atoms with Crippen molar-refractivity contribution in [2.75, 3.05) is 23.9 Å². The highest BCUT2D eigenvalue weighted by Crippen LogP contribution is 2.38. The molecule has 1 fully saturated rings. The topological polar surface area (TPSA) is 67.9 Å². The summed E-state index contributed by atoms with van der Waals surface area (Å²) in [6.45, 7) is 1.45. The number of nitrogens with one attached hydrogen (secondary N) is 1. The second-order valence-corrected chi connectivity index (χ2v) is 9.81. The smallest absolute Gasteiger partial charge is 0.416 e. The Bertz CT molecular complexity index is 1440. The Kier molecular flexibility index (Phi) is 8.08. The largest absolute Gasteiger partial charge is 0.493 e. The summed E-state index contributed by atoms with van der Waals surface area (Å²) in [5.74, 6) is -0.327. The van der Waals surface area contributed by atoms with E-state index >= 15 is 0 Å². The van der Waals surface area contributed by atoms with Gasteiger partial charge in [-0.25, -0.2) is 0 Å². The maximum absolute atomic E-state index is 13.1. The molecule has 1 aliphatic rings. The number of aryl methyl sites for hydroxylation is 1. The van der Waals surface area contributed by atoms with Gasteiger partial charge in [0.05, 0.1) is 23.3 Å². The van der Waals surface area contributed by atoms with Gasteiger partial charge in [0.25, 0.3) is 11.8 Å². The molecular weight excluding hydrogens is 537 g/mol. The zero-order valence-electron chi connectivity index (χ0n) is 20.2. The Morgan fingerprint density at radius 1 is 1.08 bits per heavy atom. The van der Waals surface area contributed by atoms with E-state index in [1.165, 1.54) is 35.9 Å². The van der Waals surface area contributed by atoms with E-state index in [-0.39, 0.29) is 17.3 Å². The number of methoxy groups -OCH3 is 1. The predicted octanol–water partition coefficient (Wildman–Crippen LogP) is 6.45. The van der Waals surface area contributed by atoms with Crippen LogP contribution in [-0.4, -0.2) is 29.9 Å². The van der Waals surface area contributed by atoms with Crippen LogP contribution < -0.4 is 19.7 Å². The number of thioether (sulfide) groups is 1. The van der Waals surface area contributed by atoms with Crippen molar-refractivity contribution >= 4 is 57.6 Å². The van der Waals surface area contributed by atoms with E-state index in [0.717, 1.165) is 23.4 Å². The van der Waals surface area contributed by atoms with Gasteiger partial charge in [-0.2, -0.15) is 13.2 Å². The molecule has 1 N–H and O–H groups in total. The molecule has 1 heterocycles. The summed E-state index contributed by atoms with van der Waals surface area (Å²) in [6.07, 6.45) is -2.84. The van der Waals surface area contributed by atoms with Crippen LogP contribution in [0.25, 0.3) is 6.08 Å². The number of nitrogens with zero attached hydrogens (tertiary/aromatic N) is 1. The van der Waals surface area contributed by atoms with E-state index in [1.807, 2.05) is 31.2 Å². The minimum Gasteiger partial charge on any atom is -0.493 e. The van der Waals surface area contributed by atoms with Gasteiger partial charge >= 0.3 is 6.18 Å². The first-order valence-electron chi connectivity index (χ1n) is 11.2. The lowest BCUT2D eigenvalue weighted by molar-refractivity contribution is -0.137. The van der Waals surface area contributed by atoms with E-state index in [4.69, 9.17) is 21.7 Å². The molecule has 0 aliphatic carbocycles. The van der Waals surface area contributed by atoms with Gasteiger partial charge in [-0.1, -0.05) is 54.3 Å². The molecule has 0 aromatic heterocycles. The summed E-state index contributed by atoms with van der Waals surface area (Å²) in [4.78, 5) is 27.3. The van der Waals surface area contributed by atoms with E-state index in [1.54, 1.807) is 24.3 Å². The molecule has 0 spiro atoms. The minimum absolute atomic E-state index is 0.00116. The van der Waals surface area contributed by atoms with Crippen molar-refractivity contribution < 1.29 is 32.2 Å². The molecule has 0 saturated carbocycles. The quantitative estimate of drug-likeness (QED) is 0.266. The van der Waals surface area contributed by atoms with Crippen molar-refractivity contribution in [1.82, 2.24) is 0 Å². The highest BCUT2D eigenvalue weighted by Gasteiger charge is 2.34. The molecule has 196 valence electrons. The summed E-state index contributed by atoms with van der Waals surface area (Å²) < 4.78 is 50.0. The van der Waals surface area contributed by atoms with E-state index in [9.17, 15) is 22.8 Å². The maximum atomic E-state index is 13.1. The number of para-hydroxylation sites is 1. The van der Waals surface area contributed by atoms with Crippen molar-refractivity contribution in [3.8, 4) is 11.5 Å². The zero-order chi connectivity index (χ0) is 27.4. The first-order valence-corrected chi connectivity index (χ1v) is 12.4. The number of rotatable bonds is 7. The Morgan fingerprint density at radius 3 is 2.55 bits per heavy atom. The van der Waals surface area contributed by atoms with Crippen LogP contribution in [0.3, 0.4) is 0 Å². The van der Waals surface area contributed by atoms with Crippen LogP contribution in [0, 0.1) is 6.92 Å². The van der Waals surface area contributed by atoms with Crippen LogP contribution in [0.4, 0.5) is 24.5 Å². The van der Waals surface area contributed by atoms with Gasteiger partial charge < -0.3 is 14.8 Å². The minimum atomic E-state index is -4.52. The molecule has 3 aromatic carbocycles. The fourth-order valence-electron chi connectivity index (χ4n) is 3.65. The second-order valence-electron chi connectivity index (χ2n) is 8.13. The summed E-state index contributed by atoms with van der Waals surface area (Å²) >= 11 is 6.63. The third-order valence-electron chi connectivity index (χ3n) is 5.47. The number of hydrogen-bond acceptors (Lipinski definition) is 6. The highest BCUT2D eigenvalue weighted by atomic mass is 32.2. The number of alkyl halides is 3. The first-order chi connectivity index (χ1) is 18.1. The van der Waals surface area contributed by atoms with Crippen LogP contribution in [0.1, 0.15) is 16.7 Å². The Labute approximate surface area is 226 Å². The maximum Gasteiger partial charge on any atom is 0.416 e. The molecule has 4 rings (SSSR count). The number of halogens is 3. The van der Waals surface area contributed by atoms with E-state index in [0.29, 0.717) is 20.5 Å². The monoisotopic (exact) mass is 558 g/mol. The molecule has 11 heteroatoms. The van der Waals surface area contributed by atoms with Gasteiger partial charge in [0.15, 0.2) is 22.4 Å². The second kappa shape index (κ2) is 11.3. The lowest BCUT2D eigenvalue weighted by Gasteiger charge is -2.16. The Morgan fingerprint density at radius 2 is 1.84 bits per heavy atom. The number of ether oxygens (including phenoxy) is 2. The van der Waals surface area contributed by atoms with Crippen LogP contribution in [-0.2, 0) is 15.8 Å². The third-order valence-corrected chi connectivity index (χ3v) is 6.77. The van der Waals surface area contributed by atoms with Crippen LogP contribution in [0.15, 0.2) is 71.6 Å².